The monoisotopic (exact) mass is 275 g/mol. The van der Waals surface area contributed by atoms with Crippen LogP contribution in [-0.4, -0.2) is 29.3 Å². The van der Waals surface area contributed by atoms with Gasteiger partial charge in [0.05, 0.1) is 18.2 Å². The number of nitrogens with zero attached hydrogens (tertiary/aromatic N) is 1. The maximum Gasteiger partial charge on any atom is 0.419 e. The highest BCUT2D eigenvalue weighted by atomic mass is 16.6. The summed E-state index contributed by atoms with van der Waals surface area (Å²) in [6, 6.07) is 7.12. The largest absolute Gasteiger partial charge is 0.465 e. The fourth-order valence-corrected chi connectivity index (χ4v) is 1.91. The van der Waals surface area contributed by atoms with Crippen molar-refractivity contribution in [1.29, 1.82) is 0 Å². The lowest BCUT2D eigenvalue weighted by atomic mass is 10.2. The molecule has 2 rings (SSSR count). The normalized spacial score (nSPS) is 11.4. The number of fused-ring (bicyclic) bond motifs is 1. The molecule has 0 atom stereocenters. The second-order valence-corrected chi connectivity index (χ2v) is 5.40. The molecule has 1 aromatic heterocycles. The Morgan fingerprint density at radius 3 is 2.40 bits per heavy atom. The average molecular weight is 275 g/mol. The van der Waals surface area contributed by atoms with E-state index >= 15 is 0 Å². The first kappa shape index (κ1) is 14.1. The van der Waals surface area contributed by atoms with Gasteiger partial charge in [-0.1, -0.05) is 18.2 Å². The first-order valence-corrected chi connectivity index (χ1v) is 6.25. The number of aromatic nitrogens is 1. The van der Waals surface area contributed by atoms with Gasteiger partial charge >= 0.3 is 12.1 Å². The van der Waals surface area contributed by atoms with E-state index in [0.717, 1.165) is 0 Å². The predicted octanol–water partition coefficient (Wildman–Crippen LogP) is 3.21. The van der Waals surface area contributed by atoms with Crippen LogP contribution in [0.2, 0.25) is 0 Å². The highest BCUT2D eigenvalue weighted by Gasteiger charge is 2.22. The Morgan fingerprint density at radius 2 is 1.80 bits per heavy atom. The number of ether oxygens (including phenoxy) is 2. The lowest BCUT2D eigenvalue weighted by Gasteiger charge is -2.19. The van der Waals surface area contributed by atoms with Crippen LogP contribution in [0, 0.1) is 0 Å². The van der Waals surface area contributed by atoms with Gasteiger partial charge in [0.1, 0.15) is 5.60 Å². The number of methoxy groups -OCH3 is 1. The summed E-state index contributed by atoms with van der Waals surface area (Å²) < 4.78 is 11.4. The molecule has 0 aliphatic rings. The molecule has 0 aliphatic carbocycles. The molecular weight excluding hydrogens is 258 g/mol. The molecule has 0 saturated heterocycles. The SMILES string of the molecule is COC(=O)c1cn(C(=O)OC(C)(C)C)c2ccccc12. The van der Waals surface area contributed by atoms with Crippen LogP contribution in [0.5, 0.6) is 0 Å². The molecule has 0 saturated carbocycles. The molecule has 0 spiro atoms. The van der Waals surface area contributed by atoms with Gasteiger partial charge in [0.2, 0.25) is 0 Å². The molecule has 0 fully saturated rings. The summed E-state index contributed by atoms with van der Waals surface area (Å²) in [6.45, 7) is 5.37. The molecule has 1 aromatic carbocycles. The molecule has 5 nitrogen and oxygen atoms in total. The first-order chi connectivity index (χ1) is 9.33. The summed E-state index contributed by atoms with van der Waals surface area (Å²) in [5.41, 5.74) is 0.351. The van der Waals surface area contributed by atoms with Gasteiger partial charge in [0.25, 0.3) is 0 Å². The lowest BCUT2D eigenvalue weighted by Crippen LogP contribution is -2.26. The van der Waals surface area contributed by atoms with E-state index in [4.69, 9.17) is 9.47 Å². The number of benzene rings is 1. The van der Waals surface area contributed by atoms with Gasteiger partial charge < -0.3 is 9.47 Å². The van der Waals surface area contributed by atoms with Crippen LogP contribution in [0.25, 0.3) is 10.9 Å². The standard InChI is InChI=1S/C15H17NO4/c1-15(2,3)20-14(18)16-9-11(13(17)19-4)10-7-5-6-8-12(10)16/h5-9H,1-4H3. The third kappa shape index (κ3) is 2.66. The Kier molecular flexibility index (Phi) is 3.53. The summed E-state index contributed by atoms with van der Waals surface area (Å²) in [5, 5.41) is 0.658. The van der Waals surface area contributed by atoms with E-state index in [0.29, 0.717) is 16.5 Å². The van der Waals surface area contributed by atoms with Crippen molar-refractivity contribution in [2.75, 3.05) is 7.11 Å². The molecule has 0 N–H and O–H groups in total. The summed E-state index contributed by atoms with van der Waals surface area (Å²) in [4.78, 5) is 23.9. The smallest absolute Gasteiger partial charge is 0.419 e. The molecule has 106 valence electrons. The molecular formula is C15H17NO4. The third-order valence-electron chi connectivity index (χ3n) is 2.71. The van der Waals surface area contributed by atoms with Crippen LogP contribution in [0.4, 0.5) is 4.79 Å². The van der Waals surface area contributed by atoms with Gasteiger partial charge in [-0.05, 0) is 26.8 Å². The second-order valence-electron chi connectivity index (χ2n) is 5.40. The Morgan fingerprint density at radius 1 is 1.15 bits per heavy atom. The highest BCUT2D eigenvalue weighted by molar-refractivity contribution is 6.06. The zero-order valence-electron chi connectivity index (χ0n) is 12.0. The third-order valence-corrected chi connectivity index (χ3v) is 2.71. The Bertz CT molecular complexity index is 664. The molecule has 0 unspecified atom stereocenters. The van der Waals surface area contributed by atoms with Gasteiger partial charge in [0.15, 0.2) is 0 Å². The van der Waals surface area contributed by atoms with Crippen LogP contribution in [-0.2, 0) is 9.47 Å². The zero-order valence-corrected chi connectivity index (χ0v) is 12.0. The van der Waals surface area contributed by atoms with Crippen molar-refractivity contribution in [3.63, 3.8) is 0 Å². The van der Waals surface area contributed by atoms with E-state index in [1.165, 1.54) is 17.9 Å². The van der Waals surface area contributed by atoms with Gasteiger partial charge in [-0.25, -0.2) is 9.59 Å². The summed E-state index contributed by atoms with van der Waals surface area (Å²) in [6.07, 6.45) is 0.925. The van der Waals surface area contributed by atoms with Crippen molar-refractivity contribution in [3.05, 3.63) is 36.0 Å². The van der Waals surface area contributed by atoms with Crippen molar-refractivity contribution >= 4 is 23.0 Å². The molecule has 0 aliphatic heterocycles. The highest BCUT2D eigenvalue weighted by Crippen LogP contribution is 2.23. The fraction of sp³-hybridized carbons (Fsp3) is 0.333. The van der Waals surface area contributed by atoms with Crippen LogP contribution in [0.15, 0.2) is 30.5 Å². The number of carbonyl (C=O) groups is 2. The number of para-hydroxylation sites is 1. The molecule has 0 radical (unpaired) electrons. The van der Waals surface area contributed by atoms with Gasteiger partial charge in [-0.3, -0.25) is 4.57 Å². The van der Waals surface area contributed by atoms with E-state index in [-0.39, 0.29) is 0 Å². The average Bonchev–Trinajstić information content (AvgIpc) is 2.75. The molecule has 2 aromatic rings. The Hall–Kier alpha value is -2.30. The summed E-state index contributed by atoms with van der Waals surface area (Å²) in [5.74, 6) is -0.483. The van der Waals surface area contributed by atoms with Gasteiger partial charge in [0, 0.05) is 11.6 Å². The number of carbonyl (C=O) groups excluding carboxylic acids is 2. The second kappa shape index (κ2) is 5.00. The van der Waals surface area contributed by atoms with Gasteiger partial charge in [-0.2, -0.15) is 0 Å². The molecule has 1 heterocycles. The minimum absolute atomic E-state index is 0.342. The van der Waals surface area contributed by atoms with E-state index in [9.17, 15) is 9.59 Å². The van der Waals surface area contributed by atoms with Crippen molar-refractivity contribution in [1.82, 2.24) is 4.57 Å². The Balaban J connectivity index is 2.54. The maximum absolute atomic E-state index is 12.2. The van der Waals surface area contributed by atoms with Crippen molar-refractivity contribution in [2.24, 2.45) is 0 Å². The lowest BCUT2D eigenvalue weighted by molar-refractivity contribution is 0.0544. The van der Waals surface area contributed by atoms with E-state index in [1.54, 1.807) is 45.0 Å². The number of hydrogen-bond donors (Lipinski definition) is 0. The topological polar surface area (TPSA) is 57.5 Å². The van der Waals surface area contributed by atoms with E-state index in [2.05, 4.69) is 0 Å². The zero-order chi connectivity index (χ0) is 14.9. The quantitative estimate of drug-likeness (QED) is 0.750. The van der Waals surface area contributed by atoms with Crippen molar-refractivity contribution < 1.29 is 19.1 Å². The van der Waals surface area contributed by atoms with Crippen LogP contribution in [0.1, 0.15) is 31.1 Å². The fourth-order valence-electron chi connectivity index (χ4n) is 1.91. The van der Waals surface area contributed by atoms with Crippen molar-refractivity contribution in [3.8, 4) is 0 Å². The van der Waals surface area contributed by atoms with Crippen LogP contribution < -0.4 is 0 Å². The van der Waals surface area contributed by atoms with Crippen LogP contribution in [0.3, 0.4) is 0 Å². The van der Waals surface area contributed by atoms with E-state index in [1.807, 2.05) is 0 Å². The van der Waals surface area contributed by atoms with Gasteiger partial charge in [-0.15, -0.1) is 0 Å². The molecule has 5 heteroatoms. The Labute approximate surface area is 117 Å². The van der Waals surface area contributed by atoms with Crippen molar-refractivity contribution in [2.45, 2.75) is 26.4 Å². The number of rotatable bonds is 1. The van der Waals surface area contributed by atoms with Crippen LogP contribution >= 0.6 is 0 Å². The molecule has 0 amide bonds. The number of esters is 1. The summed E-state index contributed by atoms with van der Waals surface area (Å²) >= 11 is 0. The minimum Gasteiger partial charge on any atom is -0.465 e. The predicted molar refractivity (Wildman–Crippen MR) is 74.9 cm³/mol. The summed E-state index contributed by atoms with van der Waals surface area (Å²) in [7, 11) is 1.31. The minimum atomic E-state index is -0.603. The first-order valence-electron chi connectivity index (χ1n) is 6.25. The van der Waals surface area contributed by atoms with E-state index < -0.39 is 17.7 Å². The molecule has 0 bridgehead atoms. The molecule has 20 heavy (non-hydrogen) atoms. The maximum atomic E-state index is 12.2. The number of hydrogen-bond acceptors (Lipinski definition) is 4.